The Morgan fingerprint density at radius 1 is 1.16 bits per heavy atom. The van der Waals surface area contributed by atoms with Crippen LogP contribution in [0.4, 0.5) is 0 Å². The number of nitrogens with one attached hydrogen (secondary N) is 1. The van der Waals surface area contributed by atoms with E-state index in [1.165, 1.54) is 0 Å². The summed E-state index contributed by atoms with van der Waals surface area (Å²) in [5, 5.41) is 3.82. The van der Waals surface area contributed by atoms with Crippen LogP contribution in [0.25, 0.3) is 0 Å². The second-order valence-corrected chi connectivity index (χ2v) is 7.03. The van der Waals surface area contributed by atoms with Gasteiger partial charge in [-0.1, -0.05) is 42.3 Å². The van der Waals surface area contributed by atoms with E-state index >= 15 is 0 Å². The third-order valence-corrected chi connectivity index (χ3v) is 5.00. The molecule has 0 saturated heterocycles. The van der Waals surface area contributed by atoms with E-state index in [1.54, 1.807) is 30.1 Å². The third kappa shape index (κ3) is 3.37. The zero-order valence-corrected chi connectivity index (χ0v) is 15.4. The van der Waals surface area contributed by atoms with E-state index in [9.17, 15) is 9.59 Å². The lowest BCUT2D eigenvalue weighted by Crippen LogP contribution is -2.39. The average molecular weight is 377 g/mol. The lowest BCUT2D eigenvalue weighted by atomic mass is 9.99. The van der Waals surface area contributed by atoms with E-state index in [0.717, 1.165) is 5.56 Å². The zero-order chi connectivity index (χ0) is 18.1. The Morgan fingerprint density at radius 2 is 1.80 bits per heavy atom. The molecule has 25 heavy (non-hydrogen) atoms. The van der Waals surface area contributed by atoms with Gasteiger partial charge in [0.1, 0.15) is 6.04 Å². The van der Waals surface area contributed by atoms with Crippen molar-refractivity contribution >= 4 is 35.0 Å². The largest absolute Gasteiger partial charge is 0.357 e. The minimum absolute atomic E-state index is 0.0538. The van der Waals surface area contributed by atoms with Crippen LogP contribution in [-0.2, 0) is 4.79 Å². The van der Waals surface area contributed by atoms with Crippen LogP contribution >= 0.6 is 23.2 Å². The first-order valence-corrected chi connectivity index (χ1v) is 8.75. The Bertz CT molecular complexity index is 821. The molecule has 0 spiro atoms. The normalized spacial score (nSPS) is 17.4. The SMILES string of the molecule is CNC(=O)C1c2cc(Cl)ccc2C(=O)N1CC(C)c1ccc(Cl)cc1. The molecule has 1 N–H and O–H groups in total. The molecular formula is C19H18Cl2N2O2. The van der Waals surface area contributed by atoms with Gasteiger partial charge in [0.25, 0.3) is 5.91 Å². The number of hydrogen-bond donors (Lipinski definition) is 1. The molecular weight excluding hydrogens is 359 g/mol. The summed E-state index contributed by atoms with van der Waals surface area (Å²) in [4.78, 5) is 26.9. The highest BCUT2D eigenvalue weighted by molar-refractivity contribution is 6.31. The van der Waals surface area contributed by atoms with Gasteiger partial charge < -0.3 is 10.2 Å². The van der Waals surface area contributed by atoms with E-state index < -0.39 is 6.04 Å². The predicted molar refractivity (Wildman–Crippen MR) is 99.2 cm³/mol. The van der Waals surface area contributed by atoms with Crippen molar-refractivity contribution in [3.05, 3.63) is 69.2 Å². The monoisotopic (exact) mass is 376 g/mol. The lowest BCUT2D eigenvalue weighted by molar-refractivity contribution is -0.125. The Morgan fingerprint density at radius 3 is 2.44 bits per heavy atom. The van der Waals surface area contributed by atoms with Gasteiger partial charge in [-0.15, -0.1) is 0 Å². The van der Waals surface area contributed by atoms with Gasteiger partial charge >= 0.3 is 0 Å². The summed E-state index contributed by atoms with van der Waals surface area (Å²) in [5.74, 6) is -0.322. The fourth-order valence-corrected chi connectivity index (χ4v) is 3.50. The summed E-state index contributed by atoms with van der Waals surface area (Å²) in [5.41, 5.74) is 2.24. The van der Waals surface area contributed by atoms with Crippen molar-refractivity contribution in [1.82, 2.24) is 10.2 Å². The quantitative estimate of drug-likeness (QED) is 0.874. The molecule has 2 atom stereocenters. The summed E-state index contributed by atoms with van der Waals surface area (Å²) in [6.45, 7) is 2.44. The Hall–Kier alpha value is -2.04. The molecule has 1 aliphatic rings. The van der Waals surface area contributed by atoms with Crippen molar-refractivity contribution in [3.63, 3.8) is 0 Å². The van der Waals surface area contributed by atoms with Crippen LogP contribution in [0.2, 0.25) is 10.0 Å². The van der Waals surface area contributed by atoms with Gasteiger partial charge in [0.15, 0.2) is 0 Å². The smallest absolute Gasteiger partial charge is 0.255 e. The van der Waals surface area contributed by atoms with E-state index in [-0.39, 0.29) is 17.7 Å². The van der Waals surface area contributed by atoms with Gasteiger partial charge in [-0.3, -0.25) is 9.59 Å². The first-order chi connectivity index (χ1) is 11.9. The second-order valence-electron chi connectivity index (χ2n) is 6.16. The van der Waals surface area contributed by atoms with E-state index in [0.29, 0.717) is 27.7 Å². The van der Waals surface area contributed by atoms with Crippen LogP contribution in [0.5, 0.6) is 0 Å². The van der Waals surface area contributed by atoms with Crippen molar-refractivity contribution in [2.24, 2.45) is 0 Å². The molecule has 130 valence electrons. The molecule has 2 aromatic rings. The molecule has 0 aliphatic carbocycles. The number of rotatable bonds is 4. The zero-order valence-electron chi connectivity index (χ0n) is 13.9. The molecule has 1 aliphatic heterocycles. The minimum Gasteiger partial charge on any atom is -0.357 e. The number of benzene rings is 2. The molecule has 3 rings (SSSR count). The molecule has 0 aromatic heterocycles. The maximum atomic E-state index is 12.8. The summed E-state index contributed by atoms with van der Waals surface area (Å²) in [6, 6.07) is 11.9. The second kappa shape index (κ2) is 7.06. The first kappa shape index (κ1) is 17.8. The lowest BCUT2D eigenvalue weighted by Gasteiger charge is -2.27. The summed E-state index contributed by atoms with van der Waals surface area (Å²) in [6.07, 6.45) is 0. The van der Waals surface area contributed by atoms with Gasteiger partial charge in [0, 0.05) is 29.2 Å². The maximum Gasteiger partial charge on any atom is 0.255 e. The summed E-state index contributed by atoms with van der Waals surface area (Å²) < 4.78 is 0. The van der Waals surface area contributed by atoms with E-state index in [1.807, 2.05) is 31.2 Å². The topological polar surface area (TPSA) is 49.4 Å². The van der Waals surface area contributed by atoms with Crippen molar-refractivity contribution in [3.8, 4) is 0 Å². The predicted octanol–water partition coefficient (Wildman–Crippen LogP) is 4.04. The maximum absolute atomic E-state index is 12.8. The number of carbonyl (C=O) groups excluding carboxylic acids is 2. The molecule has 0 bridgehead atoms. The number of likely N-dealkylation sites (N-methyl/N-ethyl adjacent to an activating group) is 1. The van der Waals surface area contributed by atoms with E-state index in [2.05, 4.69) is 5.32 Å². The Balaban J connectivity index is 1.93. The average Bonchev–Trinajstić information content (AvgIpc) is 2.86. The number of fused-ring (bicyclic) bond motifs is 1. The molecule has 2 amide bonds. The van der Waals surface area contributed by atoms with Crippen molar-refractivity contribution in [2.45, 2.75) is 18.9 Å². The van der Waals surface area contributed by atoms with Gasteiger partial charge in [0.05, 0.1) is 0 Å². The number of hydrogen-bond acceptors (Lipinski definition) is 2. The highest BCUT2D eigenvalue weighted by atomic mass is 35.5. The van der Waals surface area contributed by atoms with Gasteiger partial charge in [0.2, 0.25) is 5.91 Å². The van der Waals surface area contributed by atoms with Crippen molar-refractivity contribution in [1.29, 1.82) is 0 Å². The highest BCUT2D eigenvalue weighted by Gasteiger charge is 2.41. The summed E-state index contributed by atoms with van der Waals surface area (Å²) >= 11 is 12.0. The molecule has 4 nitrogen and oxygen atoms in total. The minimum atomic E-state index is -0.666. The Kier molecular flexibility index (Phi) is 5.02. The third-order valence-electron chi connectivity index (χ3n) is 4.52. The number of nitrogens with zero attached hydrogens (tertiary/aromatic N) is 1. The van der Waals surface area contributed by atoms with Crippen LogP contribution in [0, 0.1) is 0 Å². The molecule has 2 unspecified atom stereocenters. The number of halogens is 2. The standard InChI is InChI=1S/C19H18Cl2N2O2/c1-11(12-3-5-13(20)6-4-12)10-23-17(18(24)22-2)16-9-14(21)7-8-15(16)19(23)25/h3-9,11,17H,10H2,1-2H3,(H,22,24). The molecule has 2 aromatic carbocycles. The fourth-order valence-electron chi connectivity index (χ4n) is 3.19. The fraction of sp³-hybridized carbons (Fsp3) is 0.263. The highest BCUT2D eigenvalue weighted by Crippen LogP contribution is 2.37. The van der Waals surface area contributed by atoms with Crippen molar-refractivity contribution in [2.75, 3.05) is 13.6 Å². The first-order valence-electron chi connectivity index (χ1n) is 8.00. The molecule has 0 radical (unpaired) electrons. The van der Waals surface area contributed by atoms with Crippen LogP contribution in [0.1, 0.15) is 40.4 Å². The van der Waals surface area contributed by atoms with Gasteiger partial charge in [-0.05, 0) is 47.4 Å². The molecule has 0 fully saturated rings. The van der Waals surface area contributed by atoms with Crippen molar-refractivity contribution < 1.29 is 9.59 Å². The number of amides is 2. The Labute approximate surface area is 156 Å². The molecule has 6 heteroatoms. The van der Waals surface area contributed by atoms with Gasteiger partial charge in [-0.2, -0.15) is 0 Å². The van der Waals surface area contributed by atoms with E-state index in [4.69, 9.17) is 23.2 Å². The van der Waals surface area contributed by atoms with Crippen LogP contribution in [0.15, 0.2) is 42.5 Å². The van der Waals surface area contributed by atoms with Crippen LogP contribution in [0.3, 0.4) is 0 Å². The summed E-state index contributed by atoms with van der Waals surface area (Å²) in [7, 11) is 1.57. The molecule has 0 saturated carbocycles. The van der Waals surface area contributed by atoms with Gasteiger partial charge in [-0.25, -0.2) is 0 Å². The number of carbonyl (C=O) groups is 2. The molecule has 1 heterocycles. The van der Waals surface area contributed by atoms with Crippen LogP contribution < -0.4 is 5.32 Å². The van der Waals surface area contributed by atoms with Crippen LogP contribution in [-0.4, -0.2) is 30.3 Å².